The van der Waals surface area contributed by atoms with Gasteiger partial charge in [-0.3, -0.25) is 9.48 Å². The Morgan fingerprint density at radius 3 is 2.56 bits per heavy atom. The fourth-order valence-corrected chi connectivity index (χ4v) is 2.51. The third-order valence-corrected chi connectivity index (χ3v) is 3.87. The van der Waals surface area contributed by atoms with Crippen molar-refractivity contribution in [3.63, 3.8) is 0 Å². The molecule has 100 valence electrons. The maximum absolute atomic E-state index is 12.6. The summed E-state index contributed by atoms with van der Waals surface area (Å²) in [6.07, 6.45) is 3.41. The molecule has 5 heteroatoms. The van der Waals surface area contributed by atoms with Gasteiger partial charge < -0.3 is 10.6 Å². The molecule has 0 saturated heterocycles. The van der Waals surface area contributed by atoms with E-state index in [0.717, 1.165) is 29.8 Å². The van der Waals surface area contributed by atoms with E-state index in [1.807, 2.05) is 25.8 Å². The van der Waals surface area contributed by atoms with Gasteiger partial charge in [-0.25, -0.2) is 0 Å². The van der Waals surface area contributed by atoms with Crippen LogP contribution in [0.2, 0.25) is 0 Å². The van der Waals surface area contributed by atoms with Crippen molar-refractivity contribution in [2.75, 3.05) is 13.1 Å². The maximum atomic E-state index is 12.6. The highest BCUT2D eigenvalue weighted by Crippen LogP contribution is 2.27. The van der Waals surface area contributed by atoms with E-state index in [9.17, 15) is 4.79 Å². The number of nitrogens with zero attached hydrogens (tertiary/aromatic N) is 3. The summed E-state index contributed by atoms with van der Waals surface area (Å²) in [4.78, 5) is 14.6. The third-order valence-electron chi connectivity index (χ3n) is 3.87. The standard InChI is InChI=1S/C13H22N4O/c1-9-12(10(2)16(3)15-9)13(18)17(8-7-14)11-5-4-6-11/h11H,4-8,14H2,1-3H3. The van der Waals surface area contributed by atoms with E-state index in [-0.39, 0.29) is 5.91 Å². The Bertz CT molecular complexity index is 448. The normalized spacial score (nSPS) is 15.6. The summed E-state index contributed by atoms with van der Waals surface area (Å²) in [5.74, 6) is 0.0910. The number of aromatic nitrogens is 2. The quantitative estimate of drug-likeness (QED) is 0.866. The SMILES string of the molecule is Cc1nn(C)c(C)c1C(=O)N(CCN)C1CCC1. The molecule has 1 aromatic heterocycles. The second kappa shape index (κ2) is 5.10. The number of carbonyl (C=O) groups excluding carboxylic acids is 1. The molecule has 1 heterocycles. The van der Waals surface area contributed by atoms with Gasteiger partial charge in [-0.15, -0.1) is 0 Å². The fourth-order valence-electron chi connectivity index (χ4n) is 2.51. The van der Waals surface area contributed by atoms with Gasteiger partial charge >= 0.3 is 0 Å². The molecule has 0 aromatic carbocycles. The lowest BCUT2D eigenvalue weighted by molar-refractivity contribution is 0.0587. The second-order valence-electron chi connectivity index (χ2n) is 5.04. The average molecular weight is 250 g/mol. The fraction of sp³-hybridized carbons (Fsp3) is 0.692. The van der Waals surface area contributed by atoms with E-state index in [4.69, 9.17) is 5.73 Å². The summed E-state index contributed by atoms with van der Waals surface area (Å²) >= 11 is 0. The summed E-state index contributed by atoms with van der Waals surface area (Å²) in [6, 6.07) is 0.375. The van der Waals surface area contributed by atoms with Gasteiger partial charge in [0.1, 0.15) is 0 Å². The highest BCUT2D eigenvalue weighted by molar-refractivity contribution is 5.96. The van der Waals surface area contributed by atoms with Gasteiger partial charge in [0.15, 0.2) is 0 Å². The molecule has 0 aliphatic heterocycles. The lowest BCUT2D eigenvalue weighted by Crippen LogP contribution is -2.46. The summed E-state index contributed by atoms with van der Waals surface area (Å²) in [7, 11) is 1.87. The average Bonchev–Trinajstić information content (AvgIpc) is 2.49. The molecule has 1 aromatic rings. The molecule has 0 atom stereocenters. The van der Waals surface area contributed by atoms with Crippen LogP contribution in [-0.2, 0) is 7.05 Å². The van der Waals surface area contributed by atoms with Crippen molar-refractivity contribution in [3.05, 3.63) is 17.0 Å². The number of amides is 1. The molecule has 0 radical (unpaired) electrons. The van der Waals surface area contributed by atoms with Crippen LogP contribution >= 0.6 is 0 Å². The van der Waals surface area contributed by atoms with Crippen molar-refractivity contribution in [2.45, 2.75) is 39.2 Å². The van der Waals surface area contributed by atoms with Crippen LogP contribution in [-0.4, -0.2) is 39.7 Å². The Hall–Kier alpha value is -1.36. The molecule has 0 spiro atoms. The number of aryl methyl sites for hydroxylation is 2. The van der Waals surface area contributed by atoms with Crippen molar-refractivity contribution in [2.24, 2.45) is 12.8 Å². The van der Waals surface area contributed by atoms with Crippen LogP contribution < -0.4 is 5.73 Å². The lowest BCUT2D eigenvalue weighted by Gasteiger charge is -2.37. The first-order valence-electron chi connectivity index (χ1n) is 6.57. The predicted octanol–water partition coefficient (Wildman–Crippen LogP) is 0.990. The number of rotatable bonds is 4. The molecule has 1 aliphatic rings. The molecular weight excluding hydrogens is 228 g/mol. The molecule has 1 aliphatic carbocycles. The topological polar surface area (TPSA) is 64.2 Å². The van der Waals surface area contributed by atoms with Crippen LogP contribution in [0.5, 0.6) is 0 Å². The van der Waals surface area contributed by atoms with Crippen LogP contribution in [0.1, 0.15) is 41.0 Å². The van der Waals surface area contributed by atoms with Crippen LogP contribution in [0, 0.1) is 13.8 Å². The largest absolute Gasteiger partial charge is 0.334 e. The predicted molar refractivity (Wildman–Crippen MR) is 70.4 cm³/mol. The number of hydrogen-bond donors (Lipinski definition) is 1. The zero-order valence-electron chi connectivity index (χ0n) is 11.4. The monoisotopic (exact) mass is 250 g/mol. The minimum absolute atomic E-state index is 0.0910. The first-order valence-corrected chi connectivity index (χ1v) is 6.57. The van der Waals surface area contributed by atoms with E-state index in [1.54, 1.807) is 4.68 Å². The Kier molecular flexibility index (Phi) is 3.71. The molecule has 1 fully saturated rings. The van der Waals surface area contributed by atoms with Gasteiger partial charge in [-0.2, -0.15) is 5.10 Å². The molecular formula is C13H22N4O. The highest BCUT2D eigenvalue weighted by Gasteiger charge is 2.31. The summed E-state index contributed by atoms with van der Waals surface area (Å²) in [6.45, 7) is 4.98. The van der Waals surface area contributed by atoms with Gasteiger partial charge in [0.2, 0.25) is 0 Å². The lowest BCUT2D eigenvalue weighted by atomic mass is 9.91. The van der Waals surface area contributed by atoms with Gasteiger partial charge in [-0.1, -0.05) is 0 Å². The number of hydrogen-bond acceptors (Lipinski definition) is 3. The zero-order valence-corrected chi connectivity index (χ0v) is 11.4. The van der Waals surface area contributed by atoms with E-state index < -0.39 is 0 Å². The number of nitrogens with two attached hydrogens (primary N) is 1. The molecule has 0 bridgehead atoms. The van der Waals surface area contributed by atoms with Crippen molar-refractivity contribution >= 4 is 5.91 Å². The van der Waals surface area contributed by atoms with Gasteiger partial charge in [0.25, 0.3) is 5.91 Å². The third kappa shape index (κ3) is 2.14. The van der Waals surface area contributed by atoms with Crippen LogP contribution in [0.3, 0.4) is 0 Å². The molecule has 1 amide bonds. The molecule has 5 nitrogen and oxygen atoms in total. The zero-order chi connectivity index (χ0) is 13.3. The Balaban J connectivity index is 2.26. The van der Waals surface area contributed by atoms with Gasteiger partial charge in [0, 0.05) is 31.9 Å². The van der Waals surface area contributed by atoms with E-state index in [0.29, 0.717) is 19.1 Å². The van der Waals surface area contributed by atoms with E-state index in [2.05, 4.69) is 5.10 Å². The van der Waals surface area contributed by atoms with Crippen molar-refractivity contribution in [3.8, 4) is 0 Å². The highest BCUT2D eigenvalue weighted by atomic mass is 16.2. The van der Waals surface area contributed by atoms with Gasteiger partial charge in [0.05, 0.1) is 11.3 Å². The molecule has 2 N–H and O–H groups in total. The van der Waals surface area contributed by atoms with Crippen LogP contribution in [0.25, 0.3) is 0 Å². The minimum Gasteiger partial charge on any atom is -0.334 e. The van der Waals surface area contributed by atoms with E-state index in [1.165, 1.54) is 6.42 Å². The second-order valence-corrected chi connectivity index (χ2v) is 5.04. The molecule has 18 heavy (non-hydrogen) atoms. The first kappa shape index (κ1) is 13.1. The Morgan fingerprint density at radius 1 is 1.50 bits per heavy atom. The van der Waals surface area contributed by atoms with Crippen molar-refractivity contribution < 1.29 is 4.79 Å². The summed E-state index contributed by atoms with van der Waals surface area (Å²) in [5, 5.41) is 4.32. The van der Waals surface area contributed by atoms with Gasteiger partial charge in [-0.05, 0) is 33.1 Å². The molecule has 1 saturated carbocycles. The molecule has 2 rings (SSSR count). The van der Waals surface area contributed by atoms with Crippen molar-refractivity contribution in [1.29, 1.82) is 0 Å². The van der Waals surface area contributed by atoms with Crippen LogP contribution in [0.15, 0.2) is 0 Å². The Morgan fingerprint density at radius 2 is 2.17 bits per heavy atom. The van der Waals surface area contributed by atoms with E-state index >= 15 is 0 Å². The van der Waals surface area contributed by atoms with Crippen molar-refractivity contribution in [1.82, 2.24) is 14.7 Å². The maximum Gasteiger partial charge on any atom is 0.257 e. The molecule has 0 unspecified atom stereocenters. The summed E-state index contributed by atoms with van der Waals surface area (Å²) in [5.41, 5.74) is 8.11. The smallest absolute Gasteiger partial charge is 0.257 e. The Labute approximate surface area is 108 Å². The first-order chi connectivity index (χ1) is 8.56. The summed E-state index contributed by atoms with van der Waals surface area (Å²) < 4.78 is 1.77. The minimum atomic E-state index is 0.0910. The van der Waals surface area contributed by atoms with Crippen LogP contribution in [0.4, 0.5) is 0 Å². The number of carbonyl (C=O) groups is 1.